The molecule has 0 heterocycles. The minimum absolute atomic E-state index is 0.0423. The molecule has 6 nitrogen and oxygen atoms in total. The normalized spacial score (nSPS) is 16.3. The number of nitrogens with one attached hydrogen (secondary N) is 1. The molecule has 0 spiro atoms. The maximum atomic E-state index is 12.2. The predicted octanol–water partition coefficient (Wildman–Crippen LogP) is 2.22. The zero-order chi connectivity index (χ0) is 14.8. The Labute approximate surface area is 117 Å². The number of hydrogen-bond donors (Lipinski definition) is 2. The zero-order valence-corrected chi connectivity index (χ0v) is 11.5. The maximum absolute atomic E-state index is 12.2. The molecule has 2 rings (SSSR count). The number of nitro benzene ring substituents is 1. The summed E-state index contributed by atoms with van der Waals surface area (Å²) >= 11 is 0. The van der Waals surface area contributed by atoms with E-state index in [2.05, 4.69) is 5.32 Å². The molecule has 1 aliphatic rings. The molecule has 1 saturated carbocycles. The molecular formula is C14H19N3O3. The lowest BCUT2D eigenvalue weighted by Gasteiger charge is -2.39. The highest BCUT2D eigenvalue weighted by molar-refractivity contribution is 5.96. The van der Waals surface area contributed by atoms with Crippen LogP contribution in [-0.2, 0) is 11.2 Å². The van der Waals surface area contributed by atoms with Gasteiger partial charge in [0.05, 0.1) is 10.3 Å². The summed E-state index contributed by atoms with van der Waals surface area (Å²) in [5.41, 5.74) is 6.35. The van der Waals surface area contributed by atoms with Crippen LogP contribution in [0.2, 0.25) is 0 Å². The first-order chi connectivity index (χ1) is 9.52. The Balaban J connectivity index is 2.20. The first kappa shape index (κ1) is 14.5. The van der Waals surface area contributed by atoms with Crippen LogP contribution in [0.25, 0.3) is 0 Å². The molecular weight excluding hydrogens is 258 g/mol. The van der Waals surface area contributed by atoms with Crippen molar-refractivity contribution in [3.8, 4) is 0 Å². The predicted molar refractivity (Wildman–Crippen MR) is 76.4 cm³/mol. The second kappa shape index (κ2) is 5.58. The summed E-state index contributed by atoms with van der Waals surface area (Å²) in [4.78, 5) is 22.8. The number of carbonyl (C=O) groups is 1. The van der Waals surface area contributed by atoms with E-state index in [9.17, 15) is 14.9 Å². The third kappa shape index (κ3) is 2.51. The Kier molecular flexibility index (Phi) is 4.04. The van der Waals surface area contributed by atoms with E-state index < -0.39 is 10.3 Å². The summed E-state index contributed by atoms with van der Waals surface area (Å²) in [6.07, 6.45) is 3.14. The van der Waals surface area contributed by atoms with Gasteiger partial charge in [-0.1, -0.05) is 19.4 Å². The van der Waals surface area contributed by atoms with Crippen LogP contribution in [0, 0.1) is 15.5 Å². The van der Waals surface area contributed by atoms with Crippen molar-refractivity contribution in [1.29, 1.82) is 0 Å². The zero-order valence-electron chi connectivity index (χ0n) is 11.5. The molecule has 0 aromatic heterocycles. The van der Waals surface area contributed by atoms with Crippen LogP contribution in [0.5, 0.6) is 0 Å². The second-order valence-electron chi connectivity index (χ2n) is 5.25. The molecule has 1 amide bonds. The molecule has 0 unspecified atom stereocenters. The lowest BCUT2D eigenvalue weighted by atomic mass is 9.68. The van der Waals surface area contributed by atoms with E-state index in [4.69, 9.17) is 5.73 Å². The monoisotopic (exact) mass is 277 g/mol. The van der Waals surface area contributed by atoms with Gasteiger partial charge in [-0.15, -0.1) is 0 Å². The van der Waals surface area contributed by atoms with E-state index >= 15 is 0 Å². The number of carbonyl (C=O) groups excluding carboxylic acids is 1. The van der Waals surface area contributed by atoms with Crippen molar-refractivity contribution in [2.45, 2.75) is 32.6 Å². The van der Waals surface area contributed by atoms with Crippen LogP contribution in [0.4, 0.5) is 11.4 Å². The molecule has 108 valence electrons. The van der Waals surface area contributed by atoms with Gasteiger partial charge in [-0.25, -0.2) is 0 Å². The Morgan fingerprint density at radius 2 is 2.20 bits per heavy atom. The van der Waals surface area contributed by atoms with E-state index in [-0.39, 0.29) is 11.6 Å². The number of amides is 1. The average molecular weight is 277 g/mol. The number of nitrogens with zero attached hydrogens (tertiary/aromatic N) is 1. The first-order valence-electron chi connectivity index (χ1n) is 6.81. The van der Waals surface area contributed by atoms with Crippen molar-refractivity contribution in [3.05, 3.63) is 33.9 Å². The first-order valence-corrected chi connectivity index (χ1v) is 6.81. The van der Waals surface area contributed by atoms with Crippen LogP contribution in [0.1, 0.15) is 31.7 Å². The lowest BCUT2D eigenvalue weighted by Crippen LogP contribution is -2.47. The minimum Gasteiger partial charge on any atom is -0.329 e. The number of nitrogens with two attached hydrogens (primary N) is 1. The highest BCUT2D eigenvalue weighted by atomic mass is 16.6. The van der Waals surface area contributed by atoms with Gasteiger partial charge in [-0.3, -0.25) is 14.9 Å². The number of nitro groups is 1. The molecule has 0 atom stereocenters. The Hall–Kier alpha value is -1.95. The fourth-order valence-corrected chi connectivity index (χ4v) is 2.50. The van der Waals surface area contributed by atoms with E-state index in [0.29, 0.717) is 24.2 Å². The van der Waals surface area contributed by atoms with Crippen molar-refractivity contribution < 1.29 is 9.72 Å². The third-order valence-corrected chi connectivity index (χ3v) is 4.10. The van der Waals surface area contributed by atoms with Gasteiger partial charge in [0.1, 0.15) is 0 Å². The van der Waals surface area contributed by atoms with Crippen molar-refractivity contribution in [1.82, 2.24) is 0 Å². The summed E-state index contributed by atoms with van der Waals surface area (Å²) in [5.74, 6) is -0.134. The quantitative estimate of drug-likeness (QED) is 0.636. The van der Waals surface area contributed by atoms with Crippen LogP contribution >= 0.6 is 0 Å². The summed E-state index contributed by atoms with van der Waals surface area (Å²) in [7, 11) is 0. The molecule has 0 saturated heterocycles. The van der Waals surface area contributed by atoms with E-state index in [1.165, 1.54) is 6.07 Å². The number of aryl methyl sites for hydroxylation is 1. The largest absolute Gasteiger partial charge is 0.329 e. The molecule has 1 aromatic rings. The molecule has 1 aromatic carbocycles. The van der Waals surface area contributed by atoms with Crippen LogP contribution in [-0.4, -0.2) is 17.4 Å². The van der Waals surface area contributed by atoms with Crippen molar-refractivity contribution in [2.24, 2.45) is 11.1 Å². The van der Waals surface area contributed by atoms with E-state index in [0.717, 1.165) is 19.3 Å². The molecule has 0 radical (unpaired) electrons. The minimum atomic E-state index is -0.488. The van der Waals surface area contributed by atoms with Gasteiger partial charge in [0.25, 0.3) is 5.69 Å². The van der Waals surface area contributed by atoms with Gasteiger partial charge in [0.15, 0.2) is 0 Å². The molecule has 0 aliphatic heterocycles. The van der Waals surface area contributed by atoms with Gasteiger partial charge in [-0.05, 0) is 25.3 Å². The van der Waals surface area contributed by atoms with Crippen LogP contribution in [0.3, 0.4) is 0 Å². The second-order valence-corrected chi connectivity index (χ2v) is 5.25. The highest BCUT2D eigenvalue weighted by Gasteiger charge is 2.42. The summed E-state index contributed by atoms with van der Waals surface area (Å²) < 4.78 is 0. The standard InChI is InChI=1S/C14H19N3O3/c1-2-10-4-5-11(8-12(10)17(19)20)16-13(18)14(9-15)6-3-7-14/h4-5,8H,2-3,6-7,9,15H2,1H3,(H,16,18). The number of rotatable bonds is 5. The summed E-state index contributed by atoms with van der Waals surface area (Å²) in [5, 5.41) is 13.8. The van der Waals surface area contributed by atoms with Gasteiger partial charge in [0, 0.05) is 23.9 Å². The molecule has 6 heteroatoms. The molecule has 3 N–H and O–H groups in total. The third-order valence-electron chi connectivity index (χ3n) is 4.10. The highest BCUT2D eigenvalue weighted by Crippen LogP contribution is 2.41. The SMILES string of the molecule is CCc1ccc(NC(=O)C2(CN)CCC2)cc1[N+](=O)[O-]. The topological polar surface area (TPSA) is 98.3 Å². The smallest absolute Gasteiger partial charge is 0.274 e. The Bertz CT molecular complexity index is 533. The van der Waals surface area contributed by atoms with Gasteiger partial charge >= 0.3 is 0 Å². The van der Waals surface area contributed by atoms with Gasteiger partial charge < -0.3 is 11.1 Å². The molecule has 1 aliphatic carbocycles. The van der Waals surface area contributed by atoms with E-state index in [1.54, 1.807) is 12.1 Å². The summed E-state index contributed by atoms with van der Waals surface area (Å²) in [6.45, 7) is 2.17. The molecule has 20 heavy (non-hydrogen) atoms. The summed E-state index contributed by atoms with van der Waals surface area (Å²) in [6, 6.07) is 4.80. The Morgan fingerprint density at radius 1 is 1.50 bits per heavy atom. The molecule has 0 bridgehead atoms. The number of benzene rings is 1. The fourth-order valence-electron chi connectivity index (χ4n) is 2.50. The Morgan fingerprint density at radius 3 is 2.65 bits per heavy atom. The fraction of sp³-hybridized carbons (Fsp3) is 0.500. The van der Waals surface area contributed by atoms with Gasteiger partial charge in [-0.2, -0.15) is 0 Å². The number of anilines is 1. The van der Waals surface area contributed by atoms with Crippen LogP contribution in [0.15, 0.2) is 18.2 Å². The maximum Gasteiger partial charge on any atom is 0.274 e. The van der Waals surface area contributed by atoms with Crippen molar-refractivity contribution >= 4 is 17.3 Å². The van der Waals surface area contributed by atoms with Crippen LogP contribution < -0.4 is 11.1 Å². The number of hydrogen-bond acceptors (Lipinski definition) is 4. The molecule has 1 fully saturated rings. The van der Waals surface area contributed by atoms with Gasteiger partial charge in [0.2, 0.25) is 5.91 Å². The van der Waals surface area contributed by atoms with Crippen molar-refractivity contribution in [2.75, 3.05) is 11.9 Å². The average Bonchev–Trinajstić information content (AvgIpc) is 2.38. The lowest BCUT2D eigenvalue weighted by molar-refractivity contribution is -0.385. The van der Waals surface area contributed by atoms with E-state index in [1.807, 2.05) is 6.92 Å². The van der Waals surface area contributed by atoms with Crippen molar-refractivity contribution in [3.63, 3.8) is 0 Å².